The molecule has 1 heterocycles. The minimum absolute atomic E-state index is 0.239. The number of ether oxygens (including phenoxy) is 2. The second-order valence-corrected chi connectivity index (χ2v) is 8.33. The zero-order valence-electron chi connectivity index (χ0n) is 16.7. The van der Waals surface area contributed by atoms with Crippen LogP contribution in [0, 0.1) is 5.92 Å². The number of carbonyl (C=O) groups is 2. The SMILES string of the molecule is CCCCOc1ccc(C(=O)Nc2sc3c(c2C(=O)OC)CC[C@@H](C)C3)cc1. The highest BCUT2D eigenvalue weighted by atomic mass is 32.1. The Morgan fingerprint density at radius 2 is 2.00 bits per heavy atom. The largest absolute Gasteiger partial charge is 0.494 e. The maximum Gasteiger partial charge on any atom is 0.341 e. The number of amides is 1. The molecule has 1 aromatic carbocycles. The van der Waals surface area contributed by atoms with Gasteiger partial charge in [-0.15, -0.1) is 11.3 Å². The fraction of sp³-hybridized carbons (Fsp3) is 0.455. The van der Waals surface area contributed by atoms with Gasteiger partial charge >= 0.3 is 5.97 Å². The molecule has 6 heteroatoms. The van der Waals surface area contributed by atoms with E-state index in [-0.39, 0.29) is 11.9 Å². The van der Waals surface area contributed by atoms with E-state index in [1.807, 2.05) is 0 Å². The van der Waals surface area contributed by atoms with Gasteiger partial charge in [-0.3, -0.25) is 4.79 Å². The number of benzene rings is 1. The number of anilines is 1. The lowest BCUT2D eigenvalue weighted by molar-refractivity contribution is 0.0601. The van der Waals surface area contributed by atoms with E-state index < -0.39 is 0 Å². The minimum atomic E-state index is -0.387. The van der Waals surface area contributed by atoms with Crippen LogP contribution in [0.25, 0.3) is 0 Å². The van der Waals surface area contributed by atoms with Gasteiger partial charge < -0.3 is 14.8 Å². The zero-order valence-corrected chi connectivity index (χ0v) is 17.5. The molecule has 0 radical (unpaired) electrons. The highest BCUT2D eigenvalue weighted by Crippen LogP contribution is 2.40. The van der Waals surface area contributed by atoms with Crippen LogP contribution in [0.3, 0.4) is 0 Å². The van der Waals surface area contributed by atoms with Gasteiger partial charge in [0.05, 0.1) is 19.3 Å². The second kappa shape index (κ2) is 9.24. The molecule has 1 aromatic heterocycles. The fourth-order valence-electron chi connectivity index (χ4n) is 3.37. The van der Waals surface area contributed by atoms with E-state index in [2.05, 4.69) is 19.2 Å². The highest BCUT2D eigenvalue weighted by Gasteiger charge is 2.29. The normalized spacial score (nSPS) is 15.6. The highest BCUT2D eigenvalue weighted by molar-refractivity contribution is 7.17. The summed E-state index contributed by atoms with van der Waals surface area (Å²) in [6, 6.07) is 7.08. The molecule has 0 fully saturated rings. The van der Waals surface area contributed by atoms with Crippen molar-refractivity contribution in [1.82, 2.24) is 0 Å². The molecule has 1 aliphatic rings. The van der Waals surface area contributed by atoms with Crippen molar-refractivity contribution in [2.75, 3.05) is 19.0 Å². The van der Waals surface area contributed by atoms with Crippen molar-refractivity contribution >= 4 is 28.2 Å². The third-order valence-electron chi connectivity index (χ3n) is 5.01. The van der Waals surface area contributed by atoms with Crippen LogP contribution in [0.4, 0.5) is 5.00 Å². The molecule has 1 amide bonds. The van der Waals surface area contributed by atoms with E-state index in [0.29, 0.717) is 28.7 Å². The first-order valence-electron chi connectivity index (χ1n) is 9.80. The predicted molar refractivity (Wildman–Crippen MR) is 112 cm³/mol. The van der Waals surface area contributed by atoms with Crippen molar-refractivity contribution in [3.63, 3.8) is 0 Å². The number of hydrogen-bond acceptors (Lipinski definition) is 5. The molecular weight excluding hydrogens is 374 g/mol. The fourth-order valence-corrected chi connectivity index (χ4v) is 4.76. The number of thiophene rings is 1. The molecule has 1 N–H and O–H groups in total. The van der Waals surface area contributed by atoms with Gasteiger partial charge in [-0.1, -0.05) is 20.3 Å². The summed E-state index contributed by atoms with van der Waals surface area (Å²) < 4.78 is 10.6. The summed E-state index contributed by atoms with van der Waals surface area (Å²) in [6.45, 7) is 5.00. The minimum Gasteiger partial charge on any atom is -0.494 e. The number of hydrogen-bond donors (Lipinski definition) is 1. The maximum absolute atomic E-state index is 12.7. The van der Waals surface area contributed by atoms with Gasteiger partial charge in [0.15, 0.2) is 0 Å². The van der Waals surface area contributed by atoms with Crippen LogP contribution in [-0.2, 0) is 17.6 Å². The molecule has 2 aromatic rings. The van der Waals surface area contributed by atoms with Crippen LogP contribution in [0.5, 0.6) is 5.75 Å². The molecular formula is C22H27NO4S. The van der Waals surface area contributed by atoms with Crippen molar-refractivity contribution < 1.29 is 19.1 Å². The smallest absolute Gasteiger partial charge is 0.341 e. The van der Waals surface area contributed by atoms with Crippen molar-refractivity contribution in [1.29, 1.82) is 0 Å². The van der Waals surface area contributed by atoms with Crippen molar-refractivity contribution in [2.45, 2.75) is 46.0 Å². The summed E-state index contributed by atoms with van der Waals surface area (Å²) in [5.74, 6) is 0.709. The molecule has 3 rings (SSSR count). The molecule has 0 saturated carbocycles. The Bertz CT molecular complexity index is 841. The van der Waals surface area contributed by atoms with Crippen LogP contribution >= 0.6 is 11.3 Å². The average Bonchev–Trinajstić information content (AvgIpc) is 3.04. The van der Waals surface area contributed by atoms with Crippen molar-refractivity contribution in [3.8, 4) is 5.75 Å². The first-order chi connectivity index (χ1) is 13.5. The average molecular weight is 402 g/mol. The zero-order chi connectivity index (χ0) is 20.1. The van der Waals surface area contributed by atoms with E-state index in [0.717, 1.165) is 43.4 Å². The lowest BCUT2D eigenvalue weighted by Crippen LogP contribution is -2.16. The Hall–Kier alpha value is -2.34. The van der Waals surface area contributed by atoms with Gasteiger partial charge in [-0.2, -0.15) is 0 Å². The third kappa shape index (κ3) is 4.55. The van der Waals surface area contributed by atoms with E-state index in [9.17, 15) is 9.59 Å². The Balaban J connectivity index is 1.77. The van der Waals surface area contributed by atoms with Gasteiger partial charge in [0.25, 0.3) is 5.91 Å². The molecule has 1 aliphatic carbocycles. The summed E-state index contributed by atoms with van der Waals surface area (Å²) in [5.41, 5.74) is 2.07. The van der Waals surface area contributed by atoms with Crippen molar-refractivity contribution in [3.05, 3.63) is 45.8 Å². The summed E-state index contributed by atoms with van der Waals surface area (Å²) >= 11 is 1.49. The van der Waals surface area contributed by atoms with Gasteiger partial charge in [-0.25, -0.2) is 4.79 Å². The lowest BCUT2D eigenvalue weighted by atomic mass is 9.88. The maximum atomic E-state index is 12.7. The number of esters is 1. The molecule has 28 heavy (non-hydrogen) atoms. The molecule has 5 nitrogen and oxygen atoms in total. The topological polar surface area (TPSA) is 64.6 Å². The monoisotopic (exact) mass is 401 g/mol. The van der Waals surface area contributed by atoms with Crippen LogP contribution in [0.15, 0.2) is 24.3 Å². The van der Waals surface area contributed by atoms with E-state index >= 15 is 0 Å². The summed E-state index contributed by atoms with van der Waals surface area (Å²) in [5, 5.41) is 3.51. The molecule has 1 atom stereocenters. The molecule has 0 bridgehead atoms. The second-order valence-electron chi connectivity index (χ2n) is 7.23. The Kier molecular flexibility index (Phi) is 6.73. The summed E-state index contributed by atoms with van der Waals surface area (Å²) in [6.07, 6.45) is 4.90. The van der Waals surface area contributed by atoms with E-state index in [1.165, 1.54) is 23.3 Å². The number of methoxy groups -OCH3 is 1. The first-order valence-corrected chi connectivity index (χ1v) is 10.6. The van der Waals surface area contributed by atoms with Gasteiger partial charge in [0, 0.05) is 10.4 Å². The van der Waals surface area contributed by atoms with Gasteiger partial charge in [-0.05, 0) is 61.4 Å². The van der Waals surface area contributed by atoms with Gasteiger partial charge in [0.2, 0.25) is 0 Å². The molecule has 0 saturated heterocycles. The summed E-state index contributed by atoms with van der Waals surface area (Å²) in [7, 11) is 1.38. The van der Waals surface area contributed by atoms with Gasteiger partial charge in [0.1, 0.15) is 10.8 Å². The number of nitrogens with one attached hydrogen (secondary N) is 1. The van der Waals surface area contributed by atoms with Crippen LogP contribution in [-0.4, -0.2) is 25.6 Å². The number of fused-ring (bicyclic) bond motifs is 1. The Labute approximate surface area is 170 Å². The molecule has 150 valence electrons. The lowest BCUT2D eigenvalue weighted by Gasteiger charge is -2.18. The molecule has 0 unspecified atom stereocenters. The first kappa shape index (κ1) is 20.4. The molecule has 0 spiro atoms. The van der Waals surface area contributed by atoms with E-state index in [4.69, 9.17) is 9.47 Å². The van der Waals surface area contributed by atoms with Crippen LogP contribution < -0.4 is 10.1 Å². The quantitative estimate of drug-likeness (QED) is 0.518. The predicted octanol–water partition coefficient (Wildman–Crippen LogP) is 5.09. The standard InChI is InChI=1S/C22H27NO4S/c1-4-5-12-27-16-9-7-15(8-10-16)20(24)23-21-19(22(25)26-3)17-11-6-14(2)13-18(17)28-21/h7-10,14H,4-6,11-13H2,1-3H3,(H,23,24)/t14-/m1/s1. The van der Waals surface area contributed by atoms with Crippen LogP contribution in [0.2, 0.25) is 0 Å². The Morgan fingerprint density at radius 1 is 1.25 bits per heavy atom. The number of rotatable bonds is 7. The molecule has 0 aliphatic heterocycles. The third-order valence-corrected chi connectivity index (χ3v) is 6.18. The van der Waals surface area contributed by atoms with E-state index in [1.54, 1.807) is 24.3 Å². The summed E-state index contributed by atoms with van der Waals surface area (Å²) in [4.78, 5) is 26.3. The number of carbonyl (C=O) groups excluding carboxylic acids is 2. The van der Waals surface area contributed by atoms with Crippen LogP contribution in [0.1, 0.15) is 64.3 Å². The number of unbranched alkanes of at least 4 members (excludes halogenated alkanes) is 1. The van der Waals surface area contributed by atoms with Crippen molar-refractivity contribution in [2.24, 2.45) is 5.92 Å². The Morgan fingerprint density at radius 3 is 2.68 bits per heavy atom.